The Bertz CT molecular complexity index is 527. The van der Waals surface area contributed by atoms with Gasteiger partial charge in [-0.05, 0) is 50.2 Å². The van der Waals surface area contributed by atoms with Crippen molar-refractivity contribution in [1.29, 1.82) is 0 Å². The Morgan fingerprint density at radius 1 is 0.826 bits per heavy atom. The number of nitrogens with zero attached hydrogens (tertiary/aromatic N) is 2. The first-order valence-corrected chi connectivity index (χ1v) is 8.61. The minimum atomic E-state index is -0.353. The number of hydrogen-bond donors (Lipinski definition) is 1. The average Bonchev–Trinajstić information content (AvgIpc) is 2.62. The Hall–Kier alpha value is -1.84. The van der Waals surface area contributed by atoms with E-state index in [4.69, 9.17) is 0 Å². The third kappa shape index (κ3) is 4.57. The first-order valence-electron chi connectivity index (χ1n) is 8.61. The van der Waals surface area contributed by atoms with E-state index in [9.17, 15) is 5.11 Å². The summed E-state index contributed by atoms with van der Waals surface area (Å²) in [6.07, 6.45) is 3.49. The van der Waals surface area contributed by atoms with Crippen molar-refractivity contribution in [2.45, 2.75) is 25.4 Å². The van der Waals surface area contributed by atoms with Crippen molar-refractivity contribution >= 4 is 11.4 Å². The van der Waals surface area contributed by atoms with Crippen molar-refractivity contribution < 1.29 is 5.11 Å². The molecule has 1 aliphatic rings. The molecule has 2 aromatic rings. The van der Waals surface area contributed by atoms with E-state index >= 15 is 0 Å². The highest BCUT2D eigenvalue weighted by Gasteiger charge is 2.18. The van der Waals surface area contributed by atoms with Gasteiger partial charge in [0.1, 0.15) is 0 Å². The highest BCUT2D eigenvalue weighted by Crippen LogP contribution is 2.25. The van der Waals surface area contributed by atoms with Gasteiger partial charge in [-0.15, -0.1) is 0 Å². The topological polar surface area (TPSA) is 26.7 Å². The Labute approximate surface area is 139 Å². The highest BCUT2D eigenvalue weighted by molar-refractivity contribution is 5.63. The number of anilines is 2. The molecule has 122 valence electrons. The van der Waals surface area contributed by atoms with Crippen LogP contribution in [-0.2, 0) is 0 Å². The van der Waals surface area contributed by atoms with E-state index in [1.54, 1.807) is 0 Å². The van der Waals surface area contributed by atoms with Gasteiger partial charge in [0.25, 0.3) is 0 Å². The Morgan fingerprint density at radius 3 is 1.87 bits per heavy atom. The van der Waals surface area contributed by atoms with Crippen LogP contribution < -0.4 is 4.90 Å². The fourth-order valence-corrected chi connectivity index (χ4v) is 3.28. The molecule has 3 nitrogen and oxygen atoms in total. The summed E-state index contributed by atoms with van der Waals surface area (Å²) in [5, 5.41) is 10.6. The molecule has 0 radical (unpaired) electrons. The van der Waals surface area contributed by atoms with Crippen LogP contribution in [0.25, 0.3) is 0 Å². The molecule has 0 saturated carbocycles. The molecule has 23 heavy (non-hydrogen) atoms. The summed E-state index contributed by atoms with van der Waals surface area (Å²) in [5.41, 5.74) is 2.24. The molecule has 0 unspecified atom stereocenters. The van der Waals surface area contributed by atoms with E-state index in [1.165, 1.54) is 19.3 Å². The molecular weight excluding hydrogens is 284 g/mol. The maximum Gasteiger partial charge on any atom is 0.0845 e. The van der Waals surface area contributed by atoms with Crippen LogP contribution in [0.5, 0.6) is 0 Å². The van der Waals surface area contributed by atoms with Crippen LogP contribution in [0.1, 0.15) is 19.3 Å². The molecule has 0 spiro atoms. The Kier molecular flexibility index (Phi) is 5.67. The summed E-state index contributed by atoms with van der Waals surface area (Å²) in [6.45, 7) is 3.61. The lowest BCUT2D eigenvalue weighted by Crippen LogP contribution is -2.41. The van der Waals surface area contributed by atoms with Gasteiger partial charge in [0.05, 0.1) is 12.6 Å². The van der Waals surface area contributed by atoms with E-state index in [0.29, 0.717) is 6.54 Å². The van der Waals surface area contributed by atoms with E-state index in [0.717, 1.165) is 31.0 Å². The fraction of sp³-hybridized carbons (Fsp3) is 0.400. The summed E-state index contributed by atoms with van der Waals surface area (Å²) in [5.74, 6) is 0. The van der Waals surface area contributed by atoms with Crippen molar-refractivity contribution in [3.05, 3.63) is 60.7 Å². The summed E-state index contributed by atoms with van der Waals surface area (Å²) in [4.78, 5) is 4.59. The molecule has 1 saturated heterocycles. The summed E-state index contributed by atoms with van der Waals surface area (Å²) in [6, 6.07) is 20.6. The van der Waals surface area contributed by atoms with Crippen LogP contribution >= 0.6 is 0 Å². The Balaban J connectivity index is 1.71. The van der Waals surface area contributed by atoms with Crippen LogP contribution in [0.2, 0.25) is 0 Å². The van der Waals surface area contributed by atoms with Gasteiger partial charge < -0.3 is 14.9 Å². The molecule has 0 aromatic heterocycles. The van der Waals surface area contributed by atoms with Gasteiger partial charge in [0.2, 0.25) is 0 Å². The number of piperidine rings is 1. The van der Waals surface area contributed by atoms with Crippen molar-refractivity contribution in [1.82, 2.24) is 4.90 Å². The number of rotatable bonds is 6. The minimum Gasteiger partial charge on any atom is -0.390 e. The van der Waals surface area contributed by atoms with Crippen molar-refractivity contribution in [3.8, 4) is 0 Å². The van der Waals surface area contributed by atoms with Crippen LogP contribution in [0.15, 0.2) is 60.7 Å². The summed E-state index contributed by atoms with van der Waals surface area (Å²) in [7, 11) is 0. The van der Waals surface area contributed by atoms with Gasteiger partial charge in [-0.1, -0.05) is 42.8 Å². The number of aliphatic hydroxyl groups excluding tert-OH is 1. The number of aliphatic hydroxyl groups is 1. The molecule has 1 heterocycles. The van der Waals surface area contributed by atoms with Gasteiger partial charge >= 0.3 is 0 Å². The van der Waals surface area contributed by atoms with Gasteiger partial charge in [0.15, 0.2) is 0 Å². The lowest BCUT2D eigenvalue weighted by atomic mass is 10.1. The third-order valence-corrected chi connectivity index (χ3v) is 4.45. The molecule has 1 atom stereocenters. The normalized spacial score (nSPS) is 16.9. The number of para-hydroxylation sites is 2. The zero-order valence-electron chi connectivity index (χ0n) is 13.6. The molecule has 0 aliphatic carbocycles. The molecule has 0 amide bonds. The number of hydrogen-bond acceptors (Lipinski definition) is 3. The molecule has 1 fully saturated rings. The monoisotopic (exact) mass is 310 g/mol. The highest BCUT2D eigenvalue weighted by atomic mass is 16.3. The second-order valence-electron chi connectivity index (χ2n) is 6.30. The van der Waals surface area contributed by atoms with E-state index in [1.807, 2.05) is 36.4 Å². The fourth-order valence-electron chi connectivity index (χ4n) is 3.28. The molecular formula is C20H26N2O. The zero-order chi connectivity index (χ0) is 15.9. The maximum absolute atomic E-state index is 10.6. The molecule has 3 heteroatoms. The molecule has 1 N–H and O–H groups in total. The SMILES string of the molecule is O[C@@H](CN1CCCCC1)CN(c1ccccc1)c1ccccc1. The van der Waals surface area contributed by atoms with Crippen LogP contribution in [0.3, 0.4) is 0 Å². The lowest BCUT2D eigenvalue weighted by molar-refractivity contribution is 0.107. The Morgan fingerprint density at radius 2 is 1.35 bits per heavy atom. The maximum atomic E-state index is 10.6. The molecule has 0 bridgehead atoms. The van der Waals surface area contributed by atoms with Gasteiger partial charge in [0, 0.05) is 17.9 Å². The second kappa shape index (κ2) is 8.14. The second-order valence-corrected chi connectivity index (χ2v) is 6.30. The van der Waals surface area contributed by atoms with Gasteiger partial charge in [-0.3, -0.25) is 0 Å². The van der Waals surface area contributed by atoms with Crippen LogP contribution in [0.4, 0.5) is 11.4 Å². The van der Waals surface area contributed by atoms with Crippen molar-refractivity contribution in [2.75, 3.05) is 31.1 Å². The van der Waals surface area contributed by atoms with Gasteiger partial charge in [-0.25, -0.2) is 0 Å². The largest absolute Gasteiger partial charge is 0.390 e. The predicted octanol–water partition coefficient (Wildman–Crippen LogP) is 3.67. The smallest absolute Gasteiger partial charge is 0.0845 e. The van der Waals surface area contributed by atoms with Crippen LogP contribution in [-0.4, -0.2) is 42.3 Å². The lowest BCUT2D eigenvalue weighted by Gasteiger charge is -2.32. The van der Waals surface area contributed by atoms with E-state index in [-0.39, 0.29) is 6.10 Å². The molecule has 1 aliphatic heterocycles. The number of β-amino-alcohol motifs (C(OH)–C–C–N with tert-alkyl or cyclic N) is 1. The number of likely N-dealkylation sites (tertiary alicyclic amines) is 1. The standard InChI is InChI=1S/C20H26N2O/c23-20(16-21-14-8-3-9-15-21)17-22(18-10-4-1-5-11-18)19-12-6-2-7-13-19/h1-2,4-7,10-13,20,23H,3,8-9,14-17H2/t20-/m0/s1. The quantitative estimate of drug-likeness (QED) is 0.882. The minimum absolute atomic E-state index is 0.353. The van der Waals surface area contributed by atoms with Crippen molar-refractivity contribution in [3.63, 3.8) is 0 Å². The predicted molar refractivity (Wildman–Crippen MR) is 96.2 cm³/mol. The molecule has 2 aromatic carbocycles. The van der Waals surface area contributed by atoms with Crippen LogP contribution in [0, 0.1) is 0 Å². The summed E-state index contributed by atoms with van der Waals surface area (Å²) >= 11 is 0. The summed E-state index contributed by atoms with van der Waals surface area (Å²) < 4.78 is 0. The molecule has 3 rings (SSSR count). The third-order valence-electron chi connectivity index (χ3n) is 4.45. The first kappa shape index (κ1) is 16.0. The zero-order valence-corrected chi connectivity index (χ0v) is 13.6. The van der Waals surface area contributed by atoms with Gasteiger partial charge in [-0.2, -0.15) is 0 Å². The van der Waals surface area contributed by atoms with Crippen molar-refractivity contribution in [2.24, 2.45) is 0 Å². The average molecular weight is 310 g/mol. The van der Waals surface area contributed by atoms with E-state index in [2.05, 4.69) is 34.1 Å². The number of benzene rings is 2. The van der Waals surface area contributed by atoms with E-state index < -0.39 is 0 Å². The first-order chi connectivity index (χ1) is 11.3.